The van der Waals surface area contributed by atoms with E-state index in [2.05, 4.69) is 5.10 Å². The van der Waals surface area contributed by atoms with Crippen LogP contribution in [0.1, 0.15) is 25.1 Å². The van der Waals surface area contributed by atoms with Gasteiger partial charge in [0.1, 0.15) is 17.3 Å². The largest absolute Gasteiger partial charge is 0.491 e. The third kappa shape index (κ3) is 2.92. The first-order valence-electron chi connectivity index (χ1n) is 8.05. The van der Waals surface area contributed by atoms with Crippen molar-refractivity contribution in [3.8, 4) is 11.4 Å². The van der Waals surface area contributed by atoms with E-state index in [0.29, 0.717) is 18.8 Å². The van der Waals surface area contributed by atoms with Crippen molar-refractivity contribution in [2.24, 2.45) is 5.92 Å². The number of nitrogens with zero attached hydrogens (tertiary/aromatic N) is 3. The lowest BCUT2D eigenvalue weighted by molar-refractivity contribution is 0.0856. The Labute approximate surface area is 146 Å². The molecule has 0 amide bonds. The van der Waals surface area contributed by atoms with Crippen LogP contribution in [0.15, 0.2) is 16.9 Å². The Hall–Kier alpha value is -1.96. The molecule has 0 spiro atoms. The zero-order chi connectivity index (χ0) is 17.8. The Balaban J connectivity index is 1.67. The number of fused-ring (bicyclic) bond motifs is 1. The molecule has 1 fully saturated rings. The molecule has 0 saturated heterocycles. The Bertz CT molecular complexity index is 893. The van der Waals surface area contributed by atoms with Crippen LogP contribution < -0.4 is 10.4 Å². The molecule has 134 valence electrons. The Morgan fingerprint density at radius 3 is 2.80 bits per heavy atom. The maximum atomic E-state index is 14.3. The number of aromatic nitrogens is 3. The molecule has 9 heteroatoms. The highest BCUT2D eigenvalue weighted by Gasteiger charge is 2.57. The fraction of sp³-hybridized carbons (Fsp3) is 0.500. The Morgan fingerprint density at radius 1 is 1.36 bits per heavy atom. The summed E-state index contributed by atoms with van der Waals surface area (Å²) < 4.78 is 48.1. The van der Waals surface area contributed by atoms with E-state index < -0.39 is 23.3 Å². The molecule has 1 aromatic carbocycles. The summed E-state index contributed by atoms with van der Waals surface area (Å²) in [5.41, 5.74) is -0.538. The topological polar surface area (TPSA) is 49.1 Å². The third-order valence-corrected chi connectivity index (χ3v) is 4.89. The second-order valence-electron chi connectivity index (χ2n) is 6.43. The van der Waals surface area contributed by atoms with Crippen molar-refractivity contribution >= 4 is 11.6 Å². The summed E-state index contributed by atoms with van der Waals surface area (Å²) in [6, 6.07) is 2.24. The van der Waals surface area contributed by atoms with Crippen molar-refractivity contribution in [1.82, 2.24) is 14.3 Å². The van der Waals surface area contributed by atoms with E-state index in [1.165, 1.54) is 10.6 Å². The second kappa shape index (κ2) is 5.79. The smallest absolute Gasteiger partial charge is 0.350 e. The average molecular weight is 374 g/mol. The van der Waals surface area contributed by atoms with Gasteiger partial charge in [-0.05, 0) is 18.9 Å². The van der Waals surface area contributed by atoms with Gasteiger partial charge in [-0.2, -0.15) is 4.68 Å². The predicted octanol–water partition coefficient (Wildman–Crippen LogP) is 3.20. The van der Waals surface area contributed by atoms with Crippen LogP contribution in [-0.2, 0) is 13.0 Å². The molecule has 2 heterocycles. The van der Waals surface area contributed by atoms with Gasteiger partial charge in [-0.1, -0.05) is 11.6 Å². The Morgan fingerprint density at radius 2 is 2.12 bits per heavy atom. The number of aryl methyl sites for hydroxylation is 1. The fourth-order valence-corrected chi connectivity index (χ4v) is 3.19. The average Bonchev–Trinajstić information content (AvgIpc) is 3.04. The van der Waals surface area contributed by atoms with E-state index in [4.69, 9.17) is 16.3 Å². The summed E-state index contributed by atoms with van der Waals surface area (Å²) >= 11 is 5.94. The van der Waals surface area contributed by atoms with Crippen molar-refractivity contribution in [3.05, 3.63) is 39.3 Å². The quantitative estimate of drug-likeness (QED) is 0.827. The molecule has 2 aliphatic rings. The number of rotatable bonds is 4. The van der Waals surface area contributed by atoms with Crippen LogP contribution in [0.2, 0.25) is 5.02 Å². The summed E-state index contributed by atoms with van der Waals surface area (Å²) in [6.07, 6.45) is 2.21. The minimum Gasteiger partial charge on any atom is -0.491 e. The van der Waals surface area contributed by atoms with Gasteiger partial charge in [0, 0.05) is 25.5 Å². The van der Waals surface area contributed by atoms with Crippen molar-refractivity contribution < 1.29 is 17.9 Å². The van der Waals surface area contributed by atoms with Gasteiger partial charge in [0.05, 0.1) is 17.5 Å². The highest BCUT2D eigenvalue weighted by molar-refractivity contribution is 6.32. The highest BCUT2D eigenvalue weighted by Crippen LogP contribution is 2.48. The fourth-order valence-electron chi connectivity index (χ4n) is 2.99. The van der Waals surface area contributed by atoms with Crippen molar-refractivity contribution in [2.45, 2.75) is 38.2 Å². The molecule has 0 radical (unpaired) electrons. The molecule has 1 aliphatic carbocycles. The maximum Gasteiger partial charge on any atom is 0.350 e. The second-order valence-corrected chi connectivity index (χ2v) is 6.83. The van der Waals surface area contributed by atoms with E-state index in [9.17, 15) is 18.0 Å². The van der Waals surface area contributed by atoms with Gasteiger partial charge in [-0.3, -0.25) is 4.57 Å². The van der Waals surface area contributed by atoms with Gasteiger partial charge >= 0.3 is 5.69 Å². The number of halogens is 4. The lowest BCUT2D eigenvalue weighted by Gasteiger charge is -2.10. The van der Waals surface area contributed by atoms with E-state index in [0.717, 1.165) is 23.6 Å². The van der Waals surface area contributed by atoms with E-state index in [-0.39, 0.29) is 29.5 Å². The number of hydrogen-bond acceptors (Lipinski definition) is 3. The van der Waals surface area contributed by atoms with Crippen LogP contribution in [0, 0.1) is 11.7 Å². The maximum absolute atomic E-state index is 14.3. The van der Waals surface area contributed by atoms with E-state index in [1.54, 1.807) is 0 Å². The molecule has 5 nitrogen and oxygen atoms in total. The monoisotopic (exact) mass is 373 g/mol. The molecular formula is C16H15ClF3N3O2. The SMILES string of the molecule is O=c1n(-c2cc(OCC3CC3(F)F)c(Cl)cc2F)nc2n1CCCC2. The molecule has 1 atom stereocenters. The molecule has 1 aliphatic heterocycles. The normalized spacial score (nSPS) is 21.0. The molecule has 2 aromatic rings. The van der Waals surface area contributed by atoms with Gasteiger partial charge in [0.15, 0.2) is 5.82 Å². The molecule has 1 saturated carbocycles. The zero-order valence-electron chi connectivity index (χ0n) is 13.1. The summed E-state index contributed by atoms with van der Waals surface area (Å²) in [7, 11) is 0. The summed E-state index contributed by atoms with van der Waals surface area (Å²) in [6.45, 7) is 0.329. The van der Waals surface area contributed by atoms with Crippen LogP contribution >= 0.6 is 11.6 Å². The molecule has 1 unspecified atom stereocenters. The van der Waals surface area contributed by atoms with Crippen LogP contribution in [0.5, 0.6) is 5.75 Å². The van der Waals surface area contributed by atoms with Crippen molar-refractivity contribution in [1.29, 1.82) is 0 Å². The van der Waals surface area contributed by atoms with Gasteiger partial charge in [0.2, 0.25) is 0 Å². The van der Waals surface area contributed by atoms with Crippen LogP contribution in [0.4, 0.5) is 13.2 Å². The minimum absolute atomic E-state index is 0.0396. The molecule has 0 N–H and O–H groups in total. The number of hydrogen-bond donors (Lipinski definition) is 0. The lowest BCUT2D eigenvalue weighted by atomic mass is 10.2. The van der Waals surface area contributed by atoms with Crippen molar-refractivity contribution in [2.75, 3.05) is 6.61 Å². The first-order chi connectivity index (χ1) is 11.9. The summed E-state index contributed by atoms with van der Waals surface area (Å²) in [5, 5.41) is 4.15. The van der Waals surface area contributed by atoms with E-state index in [1.807, 2.05) is 0 Å². The number of ether oxygens (including phenoxy) is 1. The standard InChI is InChI=1S/C16H15ClF3N3O2/c17-10-5-11(18)12(6-13(10)25-8-9-7-16(9,19)20)23-15(24)22-4-2-1-3-14(22)21-23/h5-6,9H,1-4,7-8H2. The van der Waals surface area contributed by atoms with Crippen molar-refractivity contribution in [3.63, 3.8) is 0 Å². The van der Waals surface area contributed by atoms with Gasteiger partial charge in [-0.25, -0.2) is 18.0 Å². The van der Waals surface area contributed by atoms with Gasteiger partial charge < -0.3 is 4.74 Å². The lowest BCUT2D eigenvalue weighted by Crippen LogP contribution is -2.26. The molecule has 1 aromatic heterocycles. The molecular weight excluding hydrogens is 359 g/mol. The third-order valence-electron chi connectivity index (χ3n) is 4.60. The van der Waals surface area contributed by atoms with Crippen LogP contribution in [0.25, 0.3) is 5.69 Å². The summed E-state index contributed by atoms with van der Waals surface area (Å²) in [5.74, 6) is -3.65. The first-order valence-corrected chi connectivity index (χ1v) is 8.43. The van der Waals surface area contributed by atoms with Gasteiger partial charge in [0.25, 0.3) is 5.92 Å². The number of benzene rings is 1. The molecule has 4 rings (SSSR count). The number of alkyl halides is 2. The van der Waals surface area contributed by atoms with E-state index >= 15 is 0 Å². The van der Waals surface area contributed by atoms with Crippen LogP contribution in [-0.4, -0.2) is 26.9 Å². The molecule has 0 bridgehead atoms. The highest BCUT2D eigenvalue weighted by atomic mass is 35.5. The minimum atomic E-state index is -2.71. The Kier molecular flexibility index (Phi) is 3.82. The van der Waals surface area contributed by atoms with Gasteiger partial charge in [-0.15, -0.1) is 5.10 Å². The predicted molar refractivity (Wildman–Crippen MR) is 84.3 cm³/mol. The van der Waals surface area contributed by atoms with Crippen LogP contribution in [0.3, 0.4) is 0 Å². The summed E-state index contributed by atoms with van der Waals surface area (Å²) in [4.78, 5) is 12.4. The molecule has 25 heavy (non-hydrogen) atoms. The zero-order valence-corrected chi connectivity index (χ0v) is 13.9. The first kappa shape index (κ1) is 16.5.